The van der Waals surface area contributed by atoms with Crippen LogP contribution in [0, 0.1) is 11.8 Å². The van der Waals surface area contributed by atoms with Crippen molar-refractivity contribution < 1.29 is 34.1 Å². The van der Waals surface area contributed by atoms with Crippen molar-refractivity contribution >= 4 is 17.7 Å². The Balaban J connectivity index is 1.69. The van der Waals surface area contributed by atoms with E-state index in [-0.39, 0.29) is 24.3 Å². The van der Waals surface area contributed by atoms with Crippen molar-refractivity contribution in [3.05, 3.63) is 29.8 Å². The highest BCUT2D eigenvalue weighted by atomic mass is 16.6. The molecule has 2 heterocycles. The van der Waals surface area contributed by atoms with E-state index in [0.29, 0.717) is 44.9 Å². The van der Waals surface area contributed by atoms with Crippen LogP contribution in [0.4, 0.5) is 0 Å². The Morgan fingerprint density at radius 1 is 1.23 bits per heavy atom. The van der Waals surface area contributed by atoms with Gasteiger partial charge in [-0.05, 0) is 69.6 Å². The molecule has 2 aliphatic heterocycles. The molecule has 0 aromatic heterocycles. The molecule has 2 fully saturated rings. The van der Waals surface area contributed by atoms with Crippen LogP contribution in [0.1, 0.15) is 64.9 Å². The Hall–Kier alpha value is -2.49. The molecule has 0 saturated carbocycles. The highest BCUT2D eigenvalue weighted by Crippen LogP contribution is 2.34. The Morgan fingerprint density at radius 3 is 2.66 bits per heavy atom. The predicted octanol–water partition coefficient (Wildman–Crippen LogP) is 2.26. The number of ether oxygens (including phenoxy) is 2. The van der Waals surface area contributed by atoms with E-state index < -0.39 is 41.6 Å². The molecule has 0 bridgehead atoms. The molecule has 2 saturated heterocycles. The summed E-state index contributed by atoms with van der Waals surface area (Å²) in [5.74, 6) is -5.44. The largest absolute Gasteiger partial charge is 0.508 e. The van der Waals surface area contributed by atoms with E-state index in [1.165, 1.54) is 4.90 Å². The maximum Gasteiger partial charge on any atom is 0.330 e. The highest BCUT2D eigenvalue weighted by molar-refractivity contribution is 6.39. The second-order valence-corrected chi connectivity index (χ2v) is 9.89. The smallest absolute Gasteiger partial charge is 0.330 e. The number of rotatable bonds is 8. The molecule has 3 rings (SSSR count). The molecule has 0 spiro atoms. The van der Waals surface area contributed by atoms with Gasteiger partial charge in [0.25, 0.3) is 11.7 Å². The first-order chi connectivity index (χ1) is 16.6. The Kier molecular flexibility index (Phi) is 8.90. The zero-order valence-corrected chi connectivity index (χ0v) is 20.8. The van der Waals surface area contributed by atoms with Gasteiger partial charge >= 0.3 is 5.97 Å². The predicted molar refractivity (Wildman–Crippen MR) is 128 cm³/mol. The maximum absolute atomic E-state index is 13.2. The summed E-state index contributed by atoms with van der Waals surface area (Å²) in [5, 5.41) is 20.7. The summed E-state index contributed by atoms with van der Waals surface area (Å²) in [7, 11) is 0. The van der Waals surface area contributed by atoms with E-state index in [2.05, 4.69) is 0 Å². The fourth-order valence-electron chi connectivity index (χ4n) is 4.93. The Labute approximate surface area is 206 Å². The van der Waals surface area contributed by atoms with Gasteiger partial charge < -0.3 is 24.6 Å². The monoisotopic (exact) mass is 490 g/mol. The fourth-order valence-corrected chi connectivity index (χ4v) is 4.93. The molecule has 2 aliphatic rings. The summed E-state index contributed by atoms with van der Waals surface area (Å²) in [5.41, 5.74) is 7.11. The quantitative estimate of drug-likeness (QED) is 0.286. The zero-order chi connectivity index (χ0) is 25.8. The molecule has 0 radical (unpaired) electrons. The number of nitrogens with two attached hydrogens (primary N) is 1. The number of esters is 1. The lowest BCUT2D eigenvalue weighted by atomic mass is 9.87. The van der Waals surface area contributed by atoms with Crippen molar-refractivity contribution in [3.63, 3.8) is 0 Å². The van der Waals surface area contributed by atoms with Gasteiger partial charge in [0.2, 0.25) is 5.79 Å². The first-order valence-corrected chi connectivity index (χ1v) is 12.6. The van der Waals surface area contributed by atoms with Gasteiger partial charge in [0.1, 0.15) is 11.8 Å². The van der Waals surface area contributed by atoms with Crippen LogP contribution in [-0.4, -0.2) is 63.5 Å². The van der Waals surface area contributed by atoms with Crippen molar-refractivity contribution in [3.8, 4) is 5.75 Å². The van der Waals surface area contributed by atoms with Gasteiger partial charge in [-0.1, -0.05) is 26.0 Å². The second-order valence-electron chi connectivity index (χ2n) is 9.89. The van der Waals surface area contributed by atoms with Gasteiger partial charge in [-0.25, -0.2) is 4.79 Å². The molecule has 4 N–H and O–H groups in total. The molecule has 9 nitrogen and oxygen atoms in total. The number of nitrogens with zero attached hydrogens (tertiary/aromatic N) is 1. The topological polar surface area (TPSA) is 139 Å². The number of amides is 1. The molecule has 6 unspecified atom stereocenters. The van der Waals surface area contributed by atoms with Crippen molar-refractivity contribution in [2.24, 2.45) is 17.6 Å². The number of aliphatic hydroxyl groups is 1. The number of benzene rings is 1. The molecule has 9 heteroatoms. The van der Waals surface area contributed by atoms with Gasteiger partial charge in [0.15, 0.2) is 6.23 Å². The lowest BCUT2D eigenvalue weighted by Crippen LogP contribution is -2.60. The van der Waals surface area contributed by atoms with Crippen molar-refractivity contribution in [2.45, 2.75) is 89.9 Å². The van der Waals surface area contributed by atoms with E-state index >= 15 is 0 Å². The van der Waals surface area contributed by atoms with Crippen molar-refractivity contribution in [2.75, 3.05) is 6.54 Å². The maximum atomic E-state index is 13.2. The molecule has 35 heavy (non-hydrogen) atoms. The summed E-state index contributed by atoms with van der Waals surface area (Å²) in [6, 6.07) is 5.87. The third kappa shape index (κ3) is 6.20. The molecular formula is C26H38N2O7. The van der Waals surface area contributed by atoms with E-state index in [9.17, 15) is 24.6 Å². The van der Waals surface area contributed by atoms with E-state index in [4.69, 9.17) is 15.2 Å². The standard InChI is InChI=1S/C26H38N2O7/c1-4-19(14-18-8-7-9-20(29)15-18)23(27)34-25(32)21-10-5-6-13-28(21)24(31)22(30)26(33)16(2)11-12-17(3)35-26/h7-9,15-17,19,21,23,29,33H,4-6,10-14,27H2,1-3H3. The Bertz CT molecular complexity index is 923. The lowest BCUT2D eigenvalue weighted by Gasteiger charge is -2.41. The minimum atomic E-state index is -2.20. The molecule has 1 aromatic carbocycles. The number of hydrogen-bond donors (Lipinski definition) is 3. The zero-order valence-electron chi connectivity index (χ0n) is 20.8. The number of carbonyl (C=O) groups excluding carboxylic acids is 3. The van der Waals surface area contributed by atoms with Crippen molar-refractivity contribution in [1.29, 1.82) is 0 Å². The second kappa shape index (κ2) is 11.5. The van der Waals surface area contributed by atoms with E-state index in [0.717, 1.165) is 5.56 Å². The molecular weight excluding hydrogens is 452 g/mol. The van der Waals surface area contributed by atoms with Gasteiger partial charge in [0, 0.05) is 18.4 Å². The number of piperidine rings is 1. The number of carbonyl (C=O) groups is 3. The summed E-state index contributed by atoms with van der Waals surface area (Å²) in [4.78, 5) is 40.6. The molecule has 6 atom stereocenters. The van der Waals surface area contributed by atoms with Crippen LogP contribution >= 0.6 is 0 Å². The van der Waals surface area contributed by atoms with Crippen molar-refractivity contribution in [1.82, 2.24) is 4.90 Å². The van der Waals surface area contributed by atoms with Crippen LogP contribution in [0.2, 0.25) is 0 Å². The Morgan fingerprint density at radius 2 is 1.97 bits per heavy atom. The molecule has 1 amide bonds. The summed E-state index contributed by atoms with van der Waals surface area (Å²) < 4.78 is 11.1. The lowest BCUT2D eigenvalue weighted by molar-refractivity contribution is -0.259. The number of ketones is 1. The fraction of sp³-hybridized carbons (Fsp3) is 0.654. The van der Waals surface area contributed by atoms with E-state index in [1.807, 2.05) is 13.0 Å². The van der Waals surface area contributed by atoms with Crippen LogP contribution in [-0.2, 0) is 30.3 Å². The van der Waals surface area contributed by atoms with Gasteiger partial charge in [-0.2, -0.15) is 0 Å². The molecule has 1 aromatic rings. The number of aromatic hydroxyl groups is 1. The number of phenols is 1. The van der Waals surface area contributed by atoms with E-state index in [1.54, 1.807) is 32.0 Å². The highest BCUT2D eigenvalue weighted by Gasteiger charge is 2.52. The minimum Gasteiger partial charge on any atom is -0.508 e. The minimum absolute atomic E-state index is 0.149. The normalized spacial score (nSPS) is 28.7. The first kappa shape index (κ1) is 27.1. The van der Waals surface area contributed by atoms with Crippen LogP contribution in [0.3, 0.4) is 0 Å². The average Bonchev–Trinajstić information content (AvgIpc) is 2.84. The van der Waals surface area contributed by atoms with Crippen LogP contribution in [0.15, 0.2) is 24.3 Å². The summed E-state index contributed by atoms with van der Waals surface area (Å²) in [6.45, 7) is 5.57. The van der Waals surface area contributed by atoms with Gasteiger partial charge in [-0.3, -0.25) is 15.3 Å². The SMILES string of the molecule is CCC(Cc1cccc(O)c1)C(N)OC(=O)C1CCCCN1C(=O)C(=O)C1(O)OC(C)CCC1C. The summed E-state index contributed by atoms with van der Waals surface area (Å²) in [6.07, 6.45) is 2.77. The summed E-state index contributed by atoms with van der Waals surface area (Å²) >= 11 is 0. The average molecular weight is 491 g/mol. The molecule has 0 aliphatic carbocycles. The third-order valence-corrected chi connectivity index (χ3v) is 7.26. The number of Topliss-reactive ketones (excluding diaryl/α,β-unsaturated/α-hetero) is 1. The van der Waals surface area contributed by atoms with Gasteiger partial charge in [0.05, 0.1) is 6.10 Å². The van der Waals surface area contributed by atoms with Crippen LogP contribution < -0.4 is 5.73 Å². The van der Waals surface area contributed by atoms with Crippen LogP contribution in [0.25, 0.3) is 0 Å². The third-order valence-electron chi connectivity index (χ3n) is 7.26. The number of hydrogen-bond acceptors (Lipinski definition) is 8. The van der Waals surface area contributed by atoms with Gasteiger partial charge in [-0.15, -0.1) is 0 Å². The first-order valence-electron chi connectivity index (χ1n) is 12.6. The van der Waals surface area contributed by atoms with Crippen LogP contribution in [0.5, 0.6) is 5.75 Å². The molecule has 194 valence electrons. The number of phenolic OH excluding ortho intramolecular Hbond substituents is 1. The number of likely N-dealkylation sites (tertiary alicyclic amines) is 1.